The SMILES string of the molecule is CC[C@@H]1[C@@H]2CN(C(=O)[C@H](C(C)(C)C)NC(=O)O[C@H]3[C@H](CCCCC(F)(F)c4cc5ccc(OC)cc5nc4O2)CCC[C@H]3C)[C@@H]1C(C)=O. The van der Waals surface area contributed by atoms with Crippen molar-refractivity contribution in [2.24, 2.45) is 23.2 Å². The number of ether oxygens (including phenoxy) is 3. The van der Waals surface area contributed by atoms with Crippen LogP contribution in [0, 0.1) is 23.2 Å². The third-order valence-electron chi connectivity index (χ3n) is 10.6. The van der Waals surface area contributed by atoms with Gasteiger partial charge in [-0.3, -0.25) is 9.59 Å². The largest absolute Gasteiger partial charge is 0.497 e. The Balaban J connectivity index is 1.61. The Kier molecular flexibility index (Phi) is 10.6. The van der Waals surface area contributed by atoms with Gasteiger partial charge in [0.2, 0.25) is 11.8 Å². The van der Waals surface area contributed by atoms with Gasteiger partial charge in [-0.05, 0) is 74.5 Å². The number of pyridine rings is 1. The number of alkyl carbamates (subject to hydrolysis) is 1. The predicted molar refractivity (Wildman–Crippen MR) is 178 cm³/mol. The number of hydrogen-bond acceptors (Lipinski definition) is 7. The lowest BCUT2D eigenvalue weighted by Gasteiger charge is -2.38. The Morgan fingerprint density at radius 2 is 1.83 bits per heavy atom. The second-order valence-corrected chi connectivity index (χ2v) is 15.1. The fourth-order valence-electron chi connectivity index (χ4n) is 7.98. The number of hydrogen-bond donors (Lipinski definition) is 1. The molecule has 11 heteroatoms. The Labute approximate surface area is 282 Å². The van der Waals surface area contributed by atoms with Gasteiger partial charge in [-0.15, -0.1) is 0 Å². The molecule has 3 aliphatic rings. The van der Waals surface area contributed by atoms with Gasteiger partial charge in [0, 0.05) is 23.8 Å². The summed E-state index contributed by atoms with van der Waals surface area (Å²) >= 11 is 0. The van der Waals surface area contributed by atoms with Crippen molar-refractivity contribution in [2.45, 2.75) is 123 Å². The minimum absolute atomic E-state index is 0.0266. The lowest BCUT2D eigenvalue weighted by molar-refractivity contribution is -0.141. The Morgan fingerprint density at radius 3 is 2.50 bits per heavy atom. The van der Waals surface area contributed by atoms with Crippen LogP contribution in [0.4, 0.5) is 13.6 Å². The number of carbonyl (C=O) groups is 3. The zero-order chi connectivity index (χ0) is 35.0. The third kappa shape index (κ3) is 7.39. The van der Waals surface area contributed by atoms with Crippen LogP contribution in [0.5, 0.6) is 11.6 Å². The van der Waals surface area contributed by atoms with E-state index >= 15 is 8.78 Å². The van der Waals surface area contributed by atoms with Gasteiger partial charge in [-0.1, -0.05) is 47.5 Å². The van der Waals surface area contributed by atoms with E-state index in [4.69, 9.17) is 14.2 Å². The van der Waals surface area contributed by atoms with E-state index in [2.05, 4.69) is 10.3 Å². The second-order valence-electron chi connectivity index (χ2n) is 15.1. The maximum absolute atomic E-state index is 16.3. The maximum atomic E-state index is 16.3. The quantitative estimate of drug-likeness (QED) is 0.362. The Hall–Kier alpha value is -3.50. The van der Waals surface area contributed by atoms with E-state index in [0.29, 0.717) is 35.9 Å². The smallest absolute Gasteiger partial charge is 0.408 e. The molecule has 2 amide bonds. The highest BCUT2D eigenvalue weighted by molar-refractivity contribution is 5.92. The molecule has 0 unspecified atom stereocenters. The van der Waals surface area contributed by atoms with Gasteiger partial charge in [-0.25, -0.2) is 18.6 Å². The van der Waals surface area contributed by atoms with Crippen molar-refractivity contribution in [3.63, 3.8) is 0 Å². The van der Waals surface area contributed by atoms with Crippen molar-refractivity contribution in [1.82, 2.24) is 15.2 Å². The first-order valence-corrected chi connectivity index (χ1v) is 17.5. The summed E-state index contributed by atoms with van der Waals surface area (Å²) in [4.78, 5) is 47.2. The fourth-order valence-corrected chi connectivity index (χ4v) is 7.98. The lowest BCUT2D eigenvalue weighted by atomic mass is 9.77. The number of nitrogens with zero attached hydrogens (tertiary/aromatic N) is 2. The van der Waals surface area contributed by atoms with E-state index in [0.717, 1.165) is 19.3 Å². The Bertz CT molecular complexity index is 1510. The summed E-state index contributed by atoms with van der Waals surface area (Å²) in [6.45, 7) is 10.9. The van der Waals surface area contributed by atoms with Gasteiger partial charge < -0.3 is 24.4 Å². The standard InChI is InChI=1S/C37H51F2N3O6/c1-8-26-29-20-42(30(26)22(3)43)34(44)32(36(4,5)6)41-35(45)48-31-21(2)12-11-14-23(31)13-9-10-17-37(38,39)27-18-24-15-16-25(46-7)19-28(24)40-33(27)47-29/h15-16,18-19,21,23,26,29-32H,8-14,17,20H2,1-7H3,(H,41,45)/t21-,23-,26-,29+,30-,31-,32-/m1/s1. The fraction of sp³-hybridized carbons (Fsp3) is 0.676. The molecular formula is C37H51F2N3O6. The van der Waals surface area contributed by atoms with Gasteiger partial charge >= 0.3 is 6.09 Å². The van der Waals surface area contributed by atoms with Gasteiger partial charge in [0.1, 0.15) is 24.0 Å². The zero-order valence-electron chi connectivity index (χ0n) is 29.3. The predicted octanol–water partition coefficient (Wildman–Crippen LogP) is 7.43. The molecule has 9 nitrogen and oxygen atoms in total. The molecule has 2 fully saturated rings. The summed E-state index contributed by atoms with van der Waals surface area (Å²) in [5.74, 6) is -4.00. The molecule has 0 radical (unpaired) electrons. The summed E-state index contributed by atoms with van der Waals surface area (Å²) in [5.41, 5.74) is -0.612. The van der Waals surface area contributed by atoms with E-state index in [1.165, 1.54) is 25.0 Å². The lowest BCUT2D eigenvalue weighted by Crippen LogP contribution is -2.57. The van der Waals surface area contributed by atoms with Crippen molar-refractivity contribution < 1.29 is 37.4 Å². The monoisotopic (exact) mass is 671 g/mol. The third-order valence-corrected chi connectivity index (χ3v) is 10.6. The van der Waals surface area contributed by atoms with Crippen molar-refractivity contribution in [2.75, 3.05) is 13.7 Å². The summed E-state index contributed by atoms with van der Waals surface area (Å²) in [7, 11) is 1.52. The van der Waals surface area contributed by atoms with Gasteiger partial charge in [0.15, 0.2) is 5.78 Å². The number of carbonyl (C=O) groups excluding carboxylic acids is 3. The topological polar surface area (TPSA) is 107 Å². The molecule has 1 N–H and O–H groups in total. The first-order valence-electron chi connectivity index (χ1n) is 17.5. The number of methoxy groups -OCH3 is 1. The number of rotatable bonds is 3. The molecule has 264 valence electrons. The average Bonchev–Trinajstić information content (AvgIpc) is 3.39. The van der Waals surface area contributed by atoms with E-state index in [1.54, 1.807) is 18.2 Å². The van der Waals surface area contributed by atoms with Crippen molar-refractivity contribution in [1.29, 1.82) is 0 Å². The number of Topliss-reactive ketones (excluding diaryl/α,β-unsaturated/α-hetero) is 1. The van der Waals surface area contributed by atoms with Gasteiger partial charge in [0.05, 0.1) is 30.8 Å². The molecule has 1 aromatic carbocycles. The molecule has 48 heavy (non-hydrogen) atoms. The molecule has 1 aromatic heterocycles. The van der Waals surface area contributed by atoms with Crippen LogP contribution in [0.25, 0.3) is 10.9 Å². The first-order chi connectivity index (χ1) is 22.6. The zero-order valence-corrected chi connectivity index (χ0v) is 29.3. The second kappa shape index (κ2) is 14.2. The van der Waals surface area contributed by atoms with Gasteiger partial charge in [-0.2, -0.15) is 0 Å². The Morgan fingerprint density at radius 1 is 1.10 bits per heavy atom. The minimum atomic E-state index is -3.26. The van der Waals surface area contributed by atoms with Crippen LogP contribution in [-0.2, 0) is 20.2 Å². The molecule has 1 aliphatic carbocycles. The number of ketones is 1. The molecule has 3 heterocycles. The number of halogens is 2. The van der Waals surface area contributed by atoms with E-state index in [9.17, 15) is 14.4 Å². The number of nitrogens with one attached hydrogen (secondary N) is 1. The van der Waals surface area contributed by atoms with Crippen LogP contribution in [-0.4, -0.2) is 65.6 Å². The minimum Gasteiger partial charge on any atom is -0.497 e. The first kappa shape index (κ1) is 35.8. The van der Waals surface area contributed by atoms with Gasteiger partial charge in [0.25, 0.3) is 5.92 Å². The molecule has 0 spiro atoms. The molecule has 1 saturated carbocycles. The van der Waals surface area contributed by atoms with Crippen molar-refractivity contribution in [3.05, 3.63) is 29.8 Å². The van der Waals surface area contributed by atoms with E-state index in [-0.39, 0.29) is 48.1 Å². The van der Waals surface area contributed by atoms with Crippen LogP contribution >= 0.6 is 0 Å². The summed E-state index contributed by atoms with van der Waals surface area (Å²) in [5, 5.41) is 3.39. The van der Waals surface area contributed by atoms with Crippen LogP contribution in [0.2, 0.25) is 0 Å². The molecule has 2 aromatic rings. The summed E-state index contributed by atoms with van der Waals surface area (Å²) < 4.78 is 50.4. The van der Waals surface area contributed by atoms with Crippen molar-refractivity contribution >= 4 is 28.7 Å². The summed E-state index contributed by atoms with van der Waals surface area (Å²) in [6, 6.07) is 4.63. The highest BCUT2D eigenvalue weighted by atomic mass is 19.3. The van der Waals surface area contributed by atoms with E-state index < -0.39 is 53.9 Å². The number of amides is 2. The molecular weight excluding hydrogens is 620 g/mol. The molecule has 2 aliphatic heterocycles. The highest BCUT2D eigenvalue weighted by Gasteiger charge is 2.51. The number of aromatic nitrogens is 1. The van der Waals surface area contributed by atoms with Crippen LogP contribution in [0.15, 0.2) is 24.3 Å². The maximum Gasteiger partial charge on any atom is 0.408 e. The number of benzene rings is 1. The van der Waals surface area contributed by atoms with Crippen LogP contribution in [0.1, 0.15) is 98.5 Å². The highest BCUT2D eigenvalue weighted by Crippen LogP contribution is 2.43. The number of fused-ring (bicyclic) bond motifs is 5. The van der Waals surface area contributed by atoms with Crippen LogP contribution in [0.3, 0.4) is 0 Å². The molecule has 2 bridgehead atoms. The normalized spacial score (nSPS) is 30.2. The average molecular weight is 672 g/mol. The van der Waals surface area contributed by atoms with Crippen molar-refractivity contribution in [3.8, 4) is 11.6 Å². The summed E-state index contributed by atoms with van der Waals surface area (Å²) in [6.07, 6.45) is 2.33. The van der Waals surface area contributed by atoms with E-state index in [1.807, 2.05) is 34.6 Å². The number of alkyl halides is 2. The van der Waals surface area contributed by atoms with Crippen LogP contribution < -0.4 is 14.8 Å². The molecule has 7 atom stereocenters. The molecule has 5 rings (SSSR count). The molecule has 1 saturated heterocycles.